The number of carbonyl (C=O) groups excluding carboxylic acids is 1. The van der Waals surface area contributed by atoms with E-state index in [-0.39, 0.29) is 34.5 Å². The smallest absolute Gasteiger partial charge is 0.341 e. The summed E-state index contributed by atoms with van der Waals surface area (Å²) >= 11 is 0. The minimum Gasteiger partial charge on any atom is -0.462 e. The van der Waals surface area contributed by atoms with Gasteiger partial charge < -0.3 is 14.9 Å². The lowest BCUT2D eigenvalue weighted by Gasteiger charge is -2.07. The van der Waals surface area contributed by atoms with Crippen molar-refractivity contribution >= 4 is 33.9 Å². The van der Waals surface area contributed by atoms with E-state index in [1.165, 1.54) is 6.07 Å². The average Bonchev–Trinajstić information content (AvgIpc) is 3.39. The largest absolute Gasteiger partial charge is 0.462 e. The van der Waals surface area contributed by atoms with Gasteiger partial charge in [0.2, 0.25) is 11.1 Å². The highest BCUT2D eigenvalue weighted by atomic mass is 16.5. The highest BCUT2D eigenvalue weighted by Gasteiger charge is 2.24. The quantitative estimate of drug-likeness (QED) is 0.588. The first-order chi connectivity index (χ1) is 11.6. The maximum absolute atomic E-state index is 12.8. The molecule has 4 rings (SSSR count). The summed E-state index contributed by atoms with van der Waals surface area (Å²) in [4.78, 5) is 28.9. The van der Waals surface area contributed by atoms with E-state index in [9.17, 15) is 9.59 Å². The van der Waals surface area contributed by atoms with E-state index in [0.29, 0.717) is 16.9 Å². The molecule has 0 amide bonds. The van der Waals surface area contributed by atoms with Crippen LogP contribution in [0.1, 0.15) is 41.6 Å². The van der Waals surface area contributed by atoms with Gasteiger partial charge in [0.1, 0.15) is 17.0 Å². The Morgan fingerprint density at radius 1 is 1.33 bits per heavy atom. The van der Waals surface area contributed by atoms with Gasteiger partial charge >= 0.3 is 5.97 Å². The van der Waals surface area contributed by atoms with Crippen molar-refractivity contribution in [3.8, 4) is 0 Å². The number of nitrogen functional groups attached to an aromatic ring is 1. The van der Waals surface area contributed by atoms with Crippen LogP contribution in [0.2, 0.25) is 0 Å². The number of ether oxygens (including phenoxy) is 1. The number of hydrogen-bond acceptors (Lipinski definition) is 6. The molecule has 122 valence electrons. The number of aromatic nitrogens is 1. The van der Waals surface area contributed by atoms with Crippen LogP contribution in [0, 0.1) is 0 Å². The van der Waals surface area contributed by atoms with E-state index in [2.05, 4.69) is 4.98 Å². The van der Waals surface area contributed by atoms with Gasteiger partial charge in [0, 0.05) is 0 Å². The number of esters is 1. The van der Waals surface area contributed by atoms with Crippen LogP contribution in [0.25, 0.3) is 22.1 Å². The monoisotopic (exact) mass is 324 g/mol. The fourth-order valence-electron chi connectivity index (χ4n) is 2.86. The van der Waals surface area contributed by atoms with Crippen LogP contribution in [0.3, 0.4) is 0 Å². The molecule has 0 radical (unpaired) electrons. The third-order valence-electron chi connectivity index (χ3n) is 4.26. The molecule has 1 saturated carbocycles. The summed E-state index contributed by atoms with van der Waals surface area (Å²) in [6.07, 6.45) is 2.30. The Bertz CT molecular complexity index is 1030. The SMILES string of the molecule is CCOC(=O)c1cc2c(=O)c3cc(C4CC4)ccc3oc2nc1N. The summed E-state index contributed by atoms with van der Waals surface area (Å²) in [7, 11) is 0. The van der Waals surface area contributed by atoms with Crippen LogP contribution in [0.5, 0.6) is 0 Å². The molecule has 0 unspecified atom stereocenters. The lowest BCUT2D eigenvalue weighted by molar-refractivity contribution is 0.0527. The molecule has 1 aliphatic rings. The summed E-state index contributed by atoms with van der Waals surface area (Å²) in [5.74, 6) is -0.0854. The Hall–Kier alpha value is -2.89. The Balaban J connectivity index is 1.97. The number of nitrogens with zero attached hydrogens (tertiary/aromatic N) is 1. The van der Waals surface area contributed by atoms with E-state index < -0.39 is 5.97 Å². The molecule has 0 atom stereocenters. The van der Waals surface area contributed by atoms with Crippen LogP contribution in [0.4, 0.5) is 5.82 Å². The standard InChI is InChI=1S/C18H16N2O4/c1-2-23-18(22)13-8-12-15(21)11-7-10(9-3-4-9)5-6-14(11)24-17(12)20-16(13)19/h5-9H,2-4H2,1H3,(H2,19,20). The van der Waals surface area contributed by atoms with Gasteiger partial charge in [-0.2, -0.15) is 4.98 Å². The van der Waals surface area contributed by atoms with E-state index >= 15 is 0 Å². The van der Waals surface area contributed by atoms with Gasteiger partial charge in [0.25, 0.3) is 0 Å². The second-order valence-electron chi connectivity index (χ2n) is 5.96. The Labute approximate surface area is 137 Å². The number of anilines is 1. The van der Waals surface area contributed by atoms with Crippen molar-refractivity contribution in [3.05, 3.63) is 45.6 Å². The van der Waals surface area contributed by atoms with Gasteiger partial charge in [-0.05, 0) is 49.4 Å². The Morgan fingerprint density at radius 3 is 2.83 bits per heavy atom. The molecule has 6 nitrogen and oxygen atoms in total. The lowest BCUT2D eigenvalue weighted by atomic mass is 10.1. The predicted octanol–water partition coefficient (Wildman–Crippen LogP) is 2.98. The van der Waals surface area contributed by atoms with E-state index in [1.54, 1.807) is 13.0 Å². The maximum Gasteiger partial charge on any atom is 0.341 e. The summed E-state index contributed by atoms with van der Waals surface area (Å²) in [5, 5.41) is 0.723. The highest BCUT2D eigenvalue weighted by Crippen LogP contribution is 2.40. The van der Waals surface area contributed by atoms with Crippen LogP contribution in [-0.4, -0.2) is 17.6 Å². The van der Waals surface area contributed by atoms with Gasteiger partial charge in [-0.3, -0.25) is 4.79 Å². The third-order valence-corrected chi connectivity index (χ3v) is 4.26. The van der Waals surface area contributed by atoms with E-state index in [0.717, 1.165) is 18.4 Å². The first-order valence-electron chi connectivity index (χ1n) is 7.92. The Kier molecular flexibility index (Phi) is 3.26. The molecule has 24 heavy (non-hydrogen) atoms. The molecule has 1 fully saturated rings. The lowest BCUT2D eigenvalue weighted by Crippen LogP contribution is -2.12. The van der Waals surface area contributed by atoms with Crippen LogP contribution >= 0.6 is 0 Å². The minimum absolute atomic E-state index is 0.0157. The number of fused-ring (bicyclic) bond motifs is 2. The molecule has 1 aromatic carbocycles. The maximum atomic E-state index is 12.8. The molecule has 0 spiro atoms. The molecule has 2 aromatic heterocycles. The van der Waals surface area contributed by atoms with Gasteiger partial charge in [-0.1, -0.05) is 6.07 Å². The molecule has 0 saturated heterocycles. The molecule has 0 aliphatic heterocycles. The van der Waals surface area contributed by atoms with Crippen molar-refractivity contribution < 1.29 is 13.9 Å². The molecule has 0 bridgehead atoms. The zero-order valence-electron chi connectivity index (χ0n) is 13.2. The van der Waals surface area contributed by atoms with Gasteiger partial charge in [-0.15, -0.1) is 0 Å². The van der Waals surface area contributed by atoms with Gasteiger partial charge in [0.05, 0.1) is 17.4 Å². The first kappa shape index (κ1) is 14.7. The van der Waals surface area contributed by atoms with Crippen molar-refractivity contribution in [1.29, 1.82) is 0 Å². The summed E-state index contributed by atoms with van der Waals surface area (Å²) in [6, 6.07) is 7.05. The fraction of sp³-hybridized carbons (Fsp3) is 0.278. The second kappa shape index (κ2) is 5.33. The van der Waals surface area contributed by atoms with Crippen molar-refractivity contribution in [1.82, 2.24) is 4.98 Å². The normalized spacial score (nSPS) is 14.2. The molecule has 6 heteroatoms. The summed E-state index contributed by atoms with van der Waals surface area (Å²) < 4.78 is 10.7. The van der Waals surface area contributed by atoms with Crippen LogP contribution in [-0.2, 0) is 4.74 Å². The van der Waals surface area contributed by atoms with Crippen LogP contribution < -0.4 is 11.2 Å². The Morgan fingerprint density at radius 2 is 2.12 bits per heavy atom. The van der Waals surface area contributed by atoms with Crippen LogP contribution in [0.15, 0.2) is 33.5 Å². The second-order valence-corrected chi connectivity index (χ2v) is 5.96. The first-order valence-corrected chi connectivity index (χ1v) is 7.92. The van der Waals surface area contributed by atoms with Crippen molar-refractivity contribution in [3.63, 3.8) is 0 Å². The zero-order chi connectivity index (χ0) is 16.8. The van der Waals surface area contributed by atoms with Gasteiger partial charge in [-0.25, -0.2) is 4.79 Å². The average molecular weight is 324 g/mol. The number of carbonyl (C=O) groups is 1. The molecule has 2 heterocycles. The molecular weight excluding hydrogens is 308 g/mol. The third kappa shape index (κ3) is 2.31. The molecule has 1 aliphatic carbocycles. The minimum atomic E-state index is -0.601. The summed E-state index contributed by atoms with van der Waals surface area (Å²) in [6.45, 7) is 1.91. The number of benzene rings is 1. The van der Waals surface area contributed by atoms with Crippen molar-refractivity contribution in [2.45, 2.75) is 25.7 Å². The van der Waals surface area contributed by atoms with Crippen molar-refractivity contribution in [2.24, 2.45) is 0 Å². The number of nitrogens with two attached hydrogens (primary N) is 1. The van der Waals surface area contributed by atoms with Gasteiger partial charge in [0.15, 0.2) is 0 Å². The molecular formula is C18H16N2O4. The molecule has 3 aromatic rings. The zero-order valence-corrected chi connectivity index (χ0v) is 13.2. The fourth-order valence-corrected chi connectivity index (χ4v) is 2.86. The van der Waals surface area contributed by atoms with E-state index in [1.807, 2.05) is 12.1 Å². The van der Waals surface area contributed by atoms with E-state index in [4.69, 9.17) is 14.9 Å². The number of hydrogen-bond donors (Lipinski definition) is 1. The highest BCUT2D eigenvalue weighted by molar-refractivity contribution is 5.99. The molecule has 2 N–H and O–H groups in total. The summed E-state index contributed by atoms with van der Waals surface area (Å²) in [5.41, 5.74) is 7.40. The van der Waals surface area contributed by atoms with Crippen molar-refractivity contribution in [2.75, 3.05) is 12.3 Å². The number of rotatable bonds is 3. The number of pyridine rings is 1. The topological polar surface area (TPSA) is 95.4 Å². The predicted molar refractivity (Wildman–Crippen MR) is 90.1 cm³/mol.